The van der Waals surface area contributed by atoms with Crippen LogP contribution in [-0.2, 0) is 18.4 Å². The average molecular weight is 284 g/mol. The van der Waals surface area contributed by atoms with Crippen LogP contribution in [0.1, 0.15) is 38.4 Å². The van der Waals surface area contributed by atoms with Gasteiger partial charge in [-0.25, -0.2) is 0 Å². The van der Waals surface area contributed by atoms with E-state index in [1.54, 1.807) is 13.8 Å². The summed E-state index contributed by atoms with van der Waals surface area (Å²) in [6.45, 7) is 5.60. The summed E-state index contributed by atoms with van der Waals surface area (Å²) in [5.74, 6) is -0.0338. The maximum absolute atomic E-state index is 12.9. The van der Waals surface area contributed by atoms with E-state index in [1.807, 2.05) is 30.3 Å². The molecule has 0 aliphatic rings. The van der Waals surface area contributed by atoms with Crippen LogP contribution in [0.3, 0.4) is 0 Å². The van der Waals surface area contributed by atoms with Gasteiger partial charge < -0.3 is 9.05 Å². The Hall–Kier alpha value is -0.960. The van der Waals surface area contributed by atoms with Crippen LogP contribution < -0.4 is 0 Å². The van der Waals surface area contributed by atoms with Gasteiger partial charge in [0, 0.05) is 6.42 Å². The van der Waals surface area contributed by atoms with Gasteiger partial charge in [0.1, 0.15) is 5.78 Å². The number of ketones is 1. The van der Waals surface area contributed by atoms with E-state index >= 15 is 0 Å². The summed E-state index contributed by atoms with van der Waals surface area (Å²) in [5.41, 5.74) is 0.272. The molecular weight excluding hydrogens is 263 g/mol. The molecule has 0 saturated heterocycles. The van der Waals surface area contributed by atoms with Crippen molar-refractivity contribution in [3.8, 4) is 0 Å². The molecule has 1 aromatic carbocycles. The van der Waals surface area contributed by atoms with Crippen LogP contribution >= 0.6 is 7.60 Å². The van der Waals surface area contributed by atoms with Crippen LogP contribution in [0, 0.1) is 0 Å². The molecule has 5 heteroatoms. The topological polar surface area (TPSA) is 52.6 Å². The number of carbonyl (C=O) groups is 1. The molecule has 0 aromatic heterocycles. The lowest BCUT2D eigenvalue weighted by atomic mass is 10.1. The lowest BCUT2D eigenvalue weighted by Crippen LogP contribution is -2.10. The van der Waals surface area contributed by atoms with Crippen molar-refractivity contribution in [1.82, 2.24) is 0 Å². The summed E-state index contributed by atoms with van der Waals surface area (Å²) in [7, 11) is -3.33. The second kappa shape index (κ2) is 7.59. The van der Waals surface area contributed by atoms with Crippen molar-refractivity contribution in [3.63, 3.8) is 0 Å². The smallest absolute Gasteiger partial charge is 0.308 e. The quantitative estimate of drug-likeness (QED) is 0.678. The summed E-state index contributed by atoms with van der Waals surface area (Å²) in [6.07, 6.45) is 0.154. The maximum atomic E-state index is 12.9. The second-order valence-corrected chi connectivity index (χ2v) is 6.43. The molecule has 0 fully saturated rings. The first-order valence-electron chi connectivity index (χ1n) is 6.46. The van der Waals surface area contributed by atoms with Crippen LogP contribution in [0.5, 0.6) is 0 Å². The molecule has 1 aromatic rings. The van der Waals surface area contributed by atoms with E-state index < -0.39 is 13.3 Å². The fourth-order valence-corrected chi connectivity index (χ4v) is 4.11. The Balaban J connectivity index is 3.14. The van der Waals surface area contributed by atoms with Crippen molar-refractivity contribution in [2.75, 3.05) is 13.2 Å². The molecule has 0 radical (unpaired) electrons. The Bertz CT molecular complexity index is 434. The molecule has 0 N–H and O–H groups in total. The molecule has 0 aliphatic heterocycles. The van der Waals surface area contributed by atoms with Crippen molar-refractivity contribution >= 4 is 13.4 Å². The van der Waals surface area contributed by atoms with Crippen LogP contribution in [0.15, 0.2) is 30.3 Å². The maximum Gasteiger partial charge on any atom is 0.338 e. The van der Waals surface area contributed by atoms with E-state index in [0.29, 0.717) is 13.2 Å². The molecular formula is C14H21O4P. The molecule has 0 aliphatic carbocycles. The Kier molecular flexibility index (Phi) is 6.43. The molecule has 0 spiro atoms. The van der Waals surface area contributed by atoms with Gasteiger partial charge in [-0.2, -0.15) is 0 Å². The average Bonchev–Trinajstić information content (AvgIpc) is 2.37. The summed E-state index contributed by atoms with van der Waals surface area (Å²) < 4.78 is 23.6. The van der Waals surface area contributed by atoms with E-state index in [9.17, 15) is 9.36 Å². The summed E-state index contributed by atoms with van der Waals surface area (Å²) in [4.78, 5) is 11.5. The molecule has 106 valence electrons. The summed E-state index contributed by atoms with van der Waals surface area (Å²) >= 11 is 0. The standard InChI is InChI=1S/C14H21O4P/c1-4-17-19(16,18-5-2)14(11-12(3)15)13-9-7-6-8-10-13/h6-10,14H,4-5,11H2,1-3H3. The van der Waals surface area contributed by atoms with E-state index in [2.05, 4.69) is 0 Å². The van der Waals surface area contributed by atoms with Gasteiger partial charge in [-0.15, -0.1) is 0 Å². The summed E-state index contributed by atoms with van der Waals surface area (Å²) in [5, 5.41) is 0. The highest BCUT2D eigenvalue weighted by Crippen LogP contribution is 2.62. The number of hydrogen-bond donors (Lipinski definition) is 0. The zero-order chi connectivity index (χ0) is 14.3. The lowest BCUT2D eigenvalue weighted by molar-refractivity contribution is -0.117. The third-order valence-electron chi connectivity index (χ3n) is 2.66. The predicted octanol–water partition coefficient (Wildman–Crippen LogP) is 3.97. The van der Waals surface area contributed by atoms with Crippen LogP contribution in [0.2, 0.25) is 0 Å². The highest BCUT2D eigenvalue weighted by atomic mass is 31.2. The van der Waals surface area contributed by atoms with Gasteiger partial charge in [0.2, 0.25) is 0 Å². The van der Waals surface area contributed by atoms with Crippen molar-refractivity contribution in [2.45, 2.75) is 32.9 Å². The number of rotatable bonds is 8. The first kappa shape index (κ1) is 16.1. The van der Waals surface area contributed by atoms with Crippen LogP contribution in [-0.4, -0.2) is 19.0 Å². The van der Waals surface area contributed by atoms with Gasteiger partial charge in [-0.05, 0) is 26.3 Å². The molecule has 0 amide bonds. The fourth-order valence-electron chi connectivity index (χ4n) is 1.94. The number of carbonyl (C=O) groups excluding carboxylic acids is 1. The third-order valence-corrected chi connectivity index (χ3v) is 5.15. The van der Waals surface area contributed by atoms with Crippen LogP contribution in [0.25, 0.3) is 0 Å². The lowest BCUT2D eigenvalue weighted by Gasteiger charge is -2.26. The fraction of sp³-hybridized carbons (Fsp3) is 0.500. The van der Waals surface area contributed by atoms with Gasteiger partial charge in [0.05, 0.1) is 18.9 Å². The highest BCUT2D eigenvalue weighted by molar-refractivity contribution is 7.54. The molecule has 0 bridgehead atoms. The van der Waals surface area contributed by atoms with Gasteiger partial charge in [0.25, 0.3) is 0 Å². The first-order chi connectivity index (χ1) is 9.03. The minimum absolute atomic E-state index is 0.0338. The van der Waals surface area contributed by atoms with E-state index in [4.69, 9.17) is 9.05 Å². The molecule has 4 nitrogen and oxygen atoms in total. The SMILES string of the molecule is CCOP(=O)(OCC)C(CC(C)=O)c1ccccc1. The molecule has 1 unspecified atom stereocenters. The number of benzene rings is 1. The minimum atomic E-state index is -3.33. The first-order valence-corrected chi connectivity index (χ1v) is 8.07. The largest absolute Gasteiger partial charge is 0.338 e. The molecule has 0 saturated carbocycles. The Morgan fingerprint density at radius 1 is 1.16 bits per heavy atom. The normalized spacial score (nSPS) is 13.2. The highest BCUT2D eigenvalue weighted by Gasteiger charge is 2.37. The summed E-state index contributed by atoms with van der Waals surface area (Å²) in [6, 6.07) is 9.27. The van der Waals surface area contributed by atoms with E-state index in [0.717, 1.165) is 5.56 Å². The van der Waals surface area contributed by atoms with Gasteiger partial charge in [-0.1, -0.05) is 30.3 Å². The van der Waals surface area contributed by atoms with Gasteiger partial charge >= 0.3 is 7.60 Å². The van der Waals surface area contributed by atoms with Crippen molar-refractivity contribution in [2.24, 2.45) is 0 Å². The van der Waals surface area contributed by atoms with Crippen LogP contribution in [0.4, 0.5) is 0 Å². The zero-order valence-corrected chi connectivity index (χ0v) is 12.6. The van der Waals surface area contributed by atoms with E-state index in [1.165, 1.54) is 6.92 Å². The molecule has 1 atom stereocenters. The second-order valence-electron chi connectivity index (χ2n) is 4.21. The van der Waals surface area contributed by atoms with Crippen molar-refractivity contribution < 1.29 is 18.4 Å². The predicted molar refractivity (Wildman–Crippen MR) is 75.3 cm³/mol. The Labute approximate surface area is 114 Å². The van der Waals surface area contributed by atoms with Crippen molar-refractivity contribution in [1.29, 1.82) is 0 Å². The van der Waals surface area contributed by atoms with Gasteiger partial charge in [0.15, 0.2) is 0 Å². The Morgan fingerprint density at radius 2 is 1.68 bits per heavy atom. The monoisotopic (exact) mass is 284 g/mol. The van der Waals surface area contributed by atoms with E-state index in [-0.39, 0.29) is 12.2 Å². The minimum Gasteiger partial charge on any atom is -0.308 e. The van der Waals surface area contributed by atoms with Crippen molar-refractivity contribution in [3.05, 3.63) is 35.9 Å². The number of Topliss-reactive ketones (excluding diaryl/α,β-unsaturated/α-hetero) is 1. The molecule has 1 rings (SSSR count). The Morgan fingerprint density at radius 3 is 2.11 bits per heavy atom. The zero-order valence-electron chi connectivity index (χ0n) is 11.7. The van der Waals surface area contributed by atoms with Gasteiger partial charge in [-0.3, -0.25) is 9.36 Å². The molecule has 19 heavy (non-hydrogen) atoms. The number of hydrogen-bond acceptors (Lipinski definition) is 4. The third kappa shape index (κ3) is 4.57. The molecule has 0 heterocycles.